The lowest BCUT2D eigenvalue weighted by molar-refractivity contribution is 0.592. The van der Waals surface area contributed by atoms with Crippen molar-refractivity contribution in [2.24, 2.45) is 0 Å². The molecule has 0 saturated heterocycles. The van der Waals surface area contributed by atoms with E-state index in [1.54, 1.807) is 24.3 Å². The van der Waals surface area contributed by atoms with Crippen molar-refractivity contribution in [3.05, 3.63) is 52.0 Å². The van der Waals surface area contributed by atoms with Gasteiger partial charge in [-0.1, -0.05) is 29.3 Å². The lowest BCUT2D eigenvalue weighted by Gasteiger charge is -2.20. The highest BCUT2D eigenvalue weighted by Gasteiger charge is 2.33. The van der Waals surface area contributed by atoms with Gasteiger partial charge in [-0.15, -0.1) is 0 Å². The van der Waals surface area contributed by atoms with Crippen LogP contribution in [0.5, 0.6) is 0 Å². The van der Waals surface area contributed by atoms with Crippen LogP contribution in [-0.2, 0) is 16.4 Å². The second kappa shape index (κ2) is 5.09. The molecule has 2 N–H and O–H groups in total. The summed E-state index contributed by atoms with van der Waals surface area (Å²) in [4.78, 5) is 0.00643. The predicted molar refractivity (Wildman–Crippen MR) is 85.6 cm³/mol. The largest absolute Gasteiger partial charge is 0.398 e. The molecule has 2 aromatic rings. The summed E-state index contributed by atoms with van der Waals surface area (Å²) in [6.07, 6.45) is 0.583. The number of nitrogens with two attached hydrogens (primary N) is 1. The molecule has 7 heteroatoms. The molecule has 0 aliphatic carbocycles. The van der Waals surface area contributed by atoms with Crippen molar-refractivity contribution in [1.29, 1.82) is 0 Å². The van der Waals surface area contributed by atoms with E-state index in [1.807, 2.05) is 0 Å². The number of anilines is 2. The van der Waals surface area contributed by atoms with Gasteiger partial charge in [0.05, 0.1) is 10.7 Å². The molecule has 2 aromatic carbocycles. The fourth-order valence-corrected chi connectivity index (χ4v) is 4.71. The number of hydrogen-bond acceptors (Lipinski definition) is 3. The Morgan fingerprint density at radius 1 is 1.14 bits per heavy atom. The molecule has 0 atom stereocenters. The number of halogens is 2. The Morgan fingerprint density at radius 2 is 1.90 bits per heavy atom. The Morgan fingerprint density at radius 3 is 2.67 bits per heavy atom. The Bertz CT molecular complexity index is 822. The molecule has 1 aliphatic rings. The molecule has 21 heavy (non-hydrogen) atoms. The van der Waals surface area contributed by atoms with Gasteiger partial charge in [-0.3, -0.25) is 4.31 Å². The van der Waals surface area contributed by atoms with E-state index in [0.29, 0.717) is 29.4 Å². The normalized spacial score (nSPS) is 14.3. The van der Waals surface area contributed by atoms with Gasteiger partial charge in [-0.05, 0) is 36.8 Å². The standard InChI is InChI=1S/C14H12Cl2N2O2S/c15-9-4-5-11(16)14(8-9)21(19,20)18-7-6-10-12(17)2-1-3-13(10)18/h1-5,8H,6-7,17H2. The highest BCUT2D eigenvalue weighted by molar-refractivity contribution is 7.93. The van der Waals surface area contributed by atoms with Crippen LogP contribution in [0.15, 0.2) is 41.3 Å². The summed E-state index contributed by atoms with van der Waals surface area (Å²) in [5.74, 6) is 0. The van der Waals surface area contributed by atoms with Crippen LogP contribution in [0.4, 0.5) is 11.4 Å². The highest BCUT2D eigenvalue weighted by Crippen LogP contribution is 2.37. The summed E-state index contributed by atoms with van der Waals surface area (Å²) in [6.45, 7) is 0.342. The van der Waals surface area contributed by atoms with Crippen LogP contribution in [0.25, 0.3) is 0 Å². The molecule has 0 saturated carbocycles. The van der Waals surface area contributed by atoms with Gasteiger partial charge in [0.2, 0.25) is 0 Å². The molecule has 4 nitrogen and oxygen atoms in total. The summed E-state index contributed by atoms with van der Waals surface area (Å²) in [5.41, 5.74) is 7.95. The summed E-state index contributed by atoms with van der Waals surface area (Å²) in [7, 11) is -3.76. The Kier molecular flexibility index (Phi) is 3.51. The van der Waals surface area contributed by atoms with Gasteiger partial charge in [-0.2, -0.15) is 0 Å². The van der Waals surface area contributed by atoms with Crippen molar-refractivity contribution in [3.63, 3.8) is 0 Å². The molecular weight excluding hydrogens is 331 g/mol. The van der Waals surface area contributed by atoms with Crippen LogP contribution in [-0.4, -0.2) is 15.0 Å². The molecular formula is C14H12Cl2N2O2S. The number of benzene rings is 2. The zero-order chi connectivity index (χ0) is 15.2. The average molecular weight is 343 g/mol. The maximum atomic E-state index is 12.8. The van der Waals surface area contributed by atoms with Crippen molar-refractivity contribution in [2.45, 2.75) is 11.3 Å². The summed E-state index contributed by atoms with van der Waals surface area (Å²) >= 11 is 11.9. The third-order valence-corrected chi connectivity index (χ3v) is 6.01. The van der Waals surface area contributed by atoms with Gasteiger partial charge in [0.25, 0.3) is 10.0 Å². The lowest BCUT2D eigenvalue weighted by Crippen LogP contribution is -2.29. The van der Waals surface area contributed by atoms with Crippen molar-refractivity contribution >= 4 is 44.6 Å². The van der Waals surface area contributed by atoms with E-state index in [4.69, 9.17) is 28.9 Å². The van der Waals surface area contributed by atoms with Crippen LogP contribution in [0.3, 0.4) is 0 Å². The van der Waals surface area contributed by atoms with Crippen molar-refractivity contribution < 1.29 is 8.42 Å². The molecule has 0 aromatic heterocycles. The van der Waals surface area contributed by atoms with Gasteiger partial charge in [-0.25, -0.2) is 8.42 Å². The average Bonchev–Trinajstić information content (AvgIpc) is 2.87. The lowest BCUT2D eigenvalue weighted by atomic mass is 10.1. The quantitative estimate of drug-likeness (QED) is 0.851. The van der Waals surface area contributed by atoms with E-state index >= 15 is 0 Å². The van der Waals surface area contributed by atoms with E-state index in [0.717, 1.165) is 5.56 Å². The summed E-state index contributed by atoms with van der Waals surface area (Å²) < 4.78 is 27.0. The van der Waals surface area contributed by atoms with Crippen molar-refractivity contribution in [1.82, 2.24) is 0 Å². The Labute approximate surface area is 133 Å². The fraction of sp³-hybridized carbons (Fsp3) is 0.143. The summed E-state index contributed by atoms with van der Waals surface area (Å²) in [6, 6.07) is 9.65. The minimum atomic E-state index is -3.76. The molecule has 1 heterocycles. The first-order valence-corrected chi connectivity index (χ1v) is 8.46. The smallest absolute Gasteiger partial charge is 0.265 e. The third-order valence-electron chi connectivity index (χ3n) is 3.48. The summed E-state index contributed by atoms with van der Waals surface area (Å²) in [5, 5.41) is 0.474. The molecule has 3 rings (SSSR count). The first-order chi connectivity index (χ1) is 9.91. The Balaban J connectivity index is 2.14. The zero-order valence-electron chi connectivity index (χ0n) is 10.9. The van der Waals surface area contributed by atoms with Crippen molar-refractivity contribution in [3.8, 4) is 0 Å². The first kappa shape index (κ1) is 14.5. The van der Waals surface area contributed by atoms with Crippen LogP contribution >= 0.6 is 23.2 Å². The molecule has 1 aliphatic heterocycles. The zero-order valence-corrected chi connectivity index (χ0v) is 13.2. The Hall–Kier alpha value is -1.43. The van der Waals surface area contributed by atoms with E-state index < -0.39 is 10.0 Å². The minimum Gasteiger partial charge on any atom is -0.398 e. The minimum absolute atomic E-state index is 0.00643. The van der Waals surface area contributed by atoms with Gasteiger partial charge in [0.15, 0.2) is 0 Å². The highest BCUT2D eigenvalue weighted by atomic mass is 35.5. The predicted octanol–water partition coefficient (Wildman–Crippen LogP) is 3.33. The fourth-order valence-electron chi connectivity index (χ4n) is 2.48. The molecule has 0 radical (unpaired) electrons. The maximum Gasteiger partial charge on any atom is 0.265 e. The van der Waals surface area contributed by atoms with Crippen LogP contribution in [0.2, 0.25) is 10.0 Å². The van der Waals surface area contributed by atoms with Crippen LogP contribution in [0, 0.1) is 0 Å². The van der Waals surface area contributed by atoms with Gasteiger partial charge >= 0.3 is 0 Å². The monoisotopic (exact) mass is 342 g/mol. The number of nitrogen functional groups attached to an aromatic ring is 1. The van der Waals surface area contributed by atoms with Crippen molar-refractivity contribution in [2.75, 3.05) is 16.6 Å². The van der Waals surface area contributed by atoms with Crippen LogP contribution < -0.4 is 10.0 Å². The maximum absolute atomic E-state index is 12.8. The number of sulfonamides is 1. The molecule has 110 valence electrons. The number of fused-ring (bicyclic) bond motifs is 1. The second-order valence-corrected chi connectivity index (χ2v) is 7.42. The van der Waals surface area contributed by atoms with E-state index in [1.165, 1.54) is 16.4 Å². The van der Waals surface area contributed by atoms with E-state index in [2.05, 4.69) is 0 Å². The number of hydrogen-bond donors (Lipinski definition) is 1. The SMILES string of the molecule is Nc1cccc2c1CCN2S(=O)(=O)c1cc(Cl)ccc1Cl. The van der Waals surface area contributed by atoms with Gasteiger partial charge < -0.3 is 5.73 Å². The second-order valence-electron chi connectivity index (χ2n) is 4.75. The van der Waals surface area contributed by atoms with E-state index in [-0.39, 0.29) is 9.92 Å². The van der Waals surface area contributed by atoms with E-state index in [9.17, 15) is 8.42 Å². The van der Waals surface area contributed by atoms with Crippen LogP contribution in [0.1, 0.15) is 5.56 Å². The topological polar surface area (TPSA) is 63.4 Å². The van der Waals surface area contributed by atoms with Gasteiger partial charge in [0, 0.05) is 22.8 Å². The molecule has 0 fully saturated rings. The molecule has 0 spiro atoms. The van der Waals surface area contributed by atoms with Gasteiger partial charge in [0.1, 0.15) is 4.90 Å². The first-order valence-electron chi connectivity index (χ1n) is 6.26. The molecule has 0 unspecified atom stereocenters. The molecule has 0 amide bonds. The number of rotatable bonds is 2. The number of nitrogens with zero attached hydrogens (tertiary/aromatic N) is 1. The molecule has 0 bridgehead atoms. The third kappa shape index (κ3) is 2.35.